The third-order valence-corrected chi connectivity index (χ3v) is 5.51. The van der Waals surface area contributed by atoms with Gasteiger partial charge in [0.2, 0.25) is 0 Å². The monoisotopic (exact) mass is 366 g/mol. The minimum Gasteiger partial charge on any atom is -0.455 e. The summed E-state index contributed by atoms with van der Waals surface area (Å²) in [5, 5.41) is 4.61. The van der Waals surface area contributed by atoms with Crippen molar-refractivity contribution < 1.29 is 19.1 Å². The van der Waals surface area contributed by atoms with Gasteiger partial charge in [0.1, 0.15) is 5.00 Å². The Kier molecular flexibility index (Phi) is 7.43. The van der Waals surface area contributed by atoms with Crippen molar-refractivity contribution in [3.8, 4) is 0 Å². The summed E-state index contributed by atoms with van der Waals surface area (Å²) in [5.74, 6) is -0.749. The van der Waals surface area contributed by atoms with E-state index < -0.39 is 11.8 Å². The maximum absolute atomic E-state index is 12.1. The predicted molar refractivity (Wildman–Crippen MR) is 97.4 cm³/mol. The fraction of sp³-hybridized carbons (Fsp3) is 0.611. The van der Waals surface area contributed by atoms with Crippen molar-refractivity contribution in [2.45, 2.75) is 51.9 Å². The average Bonchev–Trinajstić information content (AvgIpc) is 3.06. The van der Waals surface area contributed by atoms with Gasteiger partial charge in [0.25, 0.3) is 11.8 Å². The Morgan fingerprint density at radius 3 is 2.64 bits per heavy atom. The average molecular weight is 366 g/mol. The number of nitrogens with two attached hydrogens (primary N) is 1. The maximum Gasteiger partial charge on any atom is 0.309 e. The Morgan fingerprint density at radius 2 is 2.00 bits per heavy atom. The van der Waals surface area contributed by atoms with Gasteiger partial charge in [-0.05, 0) is 43.0 Å². The lowest BCUT2D eigenvalue weighted by molar-refractivity contribution is -0.152. The van der Waals surface area contributed by atoms with Crippen molar-refractivity contribution in [3.63, 3.8) is 0 Å². The highest BCUT2D eigenvalue weighted by Gasteiger charge is 2.27. The Balaban J connectivity index is 1.72. The Hall–Kier alpha value is -1.89. The summed E-state index contributed by atoms with van der Waals surface area (Å²) < 4.78 is 5.15. The first kappa shape index (κ1) is 19.4. The molecule has 138 valence electrons. The van der Waals surface area contributed by atoms with Gasteiger partial charge >= 0.3 is 5.97 Å². The first-order valence-electron chi connectivity index (χ1n) is 8.85. The van der Waals surface area contributed by atoms with Crippen LogP contribution in [0.25, 0.3) is 0 Å². The van der Waals surface area contributed by atoms with E-state index in [2.05, 4.69) is 12.2 Å². The molecule has 0 atom stereocenters. The number of thiophene rings is 1. The smallest absolute Gasteiger partial charge is 0.309 e. The molecule has 0 bridgehead atoms. The van der Waals surface area contributed by atoms with Gasteiger partial charge in [-0.15, -0.1) is 11.3 Å². The van der Waals surface area contributed by atoms with Crippen molar-refractivity contribution in [2.24, 2.45) is 17.6 Å². The third kappa shape index (κ3) is 5.85. The van der Waals surface area contributed by atoms with E-state index in [1.165, 1.54) is 30.6 Å². The number of hydrogen-bond donors (Lipinski definition) is 2. The van der Waals surface area contributed by atoms with Crippen LogP contribution >= 0.6 is 11.3 Å². The summed E-state index contributed by atoms with van der Waals surface area (Å²) in [6, 6.07) is 1.55. The number of esters is 1. The predicted octanol–water partition coefficient (Wildman–Crippen LogP) is 3.33. The number of carbonyl (C=O) groups excluding carboxylic acids is 3. The molecule has 0 aliphatic heterocycles. The van der Waals surface area contributed by atoms with E-state index in [4.69, 9.17) is 10.5 Å². The van der Waals surface area contributed by atoms with Crippen molar-refractivity contribution in [3.05, 3.63) is 17.0 Å². The summed E-state index contributed by atoms with van der Waals surface area (Å²) in [7, 11) is 0. The number of amides is 2. The summed E-state index contributed by atoms with van der Waals surface area (Å²) >= 11 is 1.20. The number of rotatable bonds is 8. The van der Waals surface area contributed by atoms with Gasteiger partial charge < -0.3 is 15.8 Å². The molecule has 25 heavy (non-hydrogen) atoms. The van der Waals surface area contributed by atoms with Gasteiger partial charge in [-0.3, -0.25) is 14.4 Å². The quantitative estimate of drug-likeness (QED) is 0.689. The van der Waals surface area contributed by atoms with Crippen LogP contribution in [0.5, 0.6) is 0 Å². The molecule has 1 aromatic heterocycles. The highest BCUT2D eigenvalue weighted by Crippen LogP contribution is 2.32. The van der Waals surface area contributed by atoms with E-state index in [9.17, 15) is 14.4 Å². The molecule has 7 heteroatoms. The Bertz CT molecular complexity index is 606. The third-order valence-electron chi connectivity index (χ3n) is 4.68. The number of unbranched alkanes of at least 4 members (excludes halogenated alkanes) is 1. The zero-order valence-electron chi connectivity index (χ0n) is 14.6. The number of anilines is 1. The van der Waals surface area contributed by atoms with Crippen LogP contribution in [0.4, 0.5) is 5.00 Å². The number of carbonyl (C=O) groups is 3. The van der Waals surface area contributed by atoms with E-state index in [-0.39, 0.29) is 24.1 Å². The van der Waals surface area contributed by atoms with E-state index in [0.717, 1.165) is 31.6 Å². The van der Waals surface area contributed by atoms with Gasteiger partial charge in [-0.2, -0.15) is 0 Å². The summed E-state index contributed by atoms with van der Waals surface area (Å²) in [5.41, 5.74) is 5.49. The number of hydrogen-bond acceptors (Lipinski definition) is 5. The molecule has 6 nitrogen and oxygen atoms in total. The van der Waals surface area contributed by atoms with Crippen LogP contribution in [0.2, 0.25) is 0 Å². The SMILES string of the molecule is CCCCC1CCC(C(=O)OCC(=O)Nc2sccc2C(N)=O)CC1. The minimum absolute atomic E-state index is 0.103. The summed E-state index contributed by atoms with van der Waals surface area (Å²) in [6.45, 7) is 1.85. The minimum atomic E-state index is -0.603. The zero-order chi connectivity index (χ0) is 18.2. The molecule has 1 fully saturated rings. The molecule has 1 aromatic rings. The fourth-order valence-corrected chi connectivity index (χ4v) is 4.01. The molecule has 0 radical (unpaired) electrons. The lowest BCUT2D eigenvalue weighted by Crippen LogP contribution is -2.27. The van der Waals surface area contributed by atoms with Crippen LogP contribution in [0, 0.1) is 11.8 Å². The Labute approximate surface area is 152 Å². The molecule has 1 heterocycles. The molecular formula is C18H26N2O4S. The summed E-state index contributed by atoms with van der Waals surface area (Å²) in [4.78, 5) is 35.3. The molecule has 0 unspecified atom stereocenters. The lowest BCUT2D eigenvalue weighted by Gasteiger charge is -2.27. The van der Waals surface area contributed by atoms with Crippen molar-refractivity contribution in [1.29, 1.82) is 0 Å². The first-order valence-corrected chi connectivity index (χ1v) is 9.73. The van der Waals surface area contributed by atoms with Crippen LogP contribution < -0.4 is 11.1 Å². The van der Waals surface area contributed by atoms with E-state index in [0.29, 0.717) is 5.00 Å². The van der Waals surface area contributed by atoms with Crippen LogP contribution in [-0.2, 0) is 14.3 Å². The molecule has 1 aliphatic carbocycles. The van der Waals surface area contributed by atoms with E-state index >= 15 is 0 Å². The molecular weight excluding hydrogens is 340 g/mol. The zero-order valence-corrected chi connectivity index (χ0v) is 15.4. The van der Waals surface area contributed by atoms with Gasteiger partial charge in [0.15, 0.2) is 6.61 Å². The standard InChI is InChI=1S/C18H26N2O4S/c1-2-3-4-12-5-7-13(8-6-12)18(23)24-11-15(21)20-17-14(16(19)22)9-10-25-17/h9-10,12-13H,2-8,11H2,1H3,(H2,19,22)(H,20,21). The number of ether oxygens (including phenoxy) is 1. The van der Waals surface area contributed by atoms with Gasteiger partial charge in [-0.25, -0.2) is 0 Å². The maximum atomic E-state index is 12.1. The molecule has 2 rings (SSSR count). The second-order valence-electron chi connectivity index (χ2n) is 6.54. The van der Waals surface area contributed by atoms with Gasteiger partial charge in [0, 0.05) is 0 Å². The second-order valence-corrected chi connectivity index (χ2v) is 7.46. The number of nitrogens with one attached hydrogen (secondary N) is 1. The molecule has 1 aliphatic rings. The molecule has 1 saturated carbocycles. The van der Waals surface area contributed by atoms with Crippen LogP contribution in [-0.4, -0.2) is 24.4 Å². The largest absolute Gasteiger partial charge is 0.455 e. The first-order chi connectivity index (χ1) is 12.0. The normalized spacial score (nSPS) is 20.0. The molecule has 0 aromatic carbocycles. The highest BCUT2D eigenvalue weighted by molar-refractivity contribution is 7.14. The lowest BCUT2D eigenvalue weighted by atomic mass is 9.80. The summed E-state index contributed by atoms with van der Waals surface area (Å²) in [6.07, 6.45) is 7.49. The van der Waals surface area contributed by atoms with Gasteiger partial charge in [0.05, 0.1) is 11.5 Å². The van der Waals surface area contributed by atoms with Crippen molar-refractivity contribution in [1.82, 2.24) is 0 Å². The van der Waals surface area contributed by atoms with Crippen molar-refractivity contribution in [2.75, 3.05) is 11.9 Å². The van der Waals surface area contributed by atoms with Crippen LogP contribution in [0.3, 0.4) is 0 Å². The fourth-order valence-electron chi connectivity index (χ4n) is 3.20. The van der Waals surface area contributed by atoms with Gasteiger partial charge in [-0.1, -0.05) is 26.2 Å². The van der Waals surface area contributed by atoms with Crippen molar-refractivity contribution >= 4 is 34.1 Å². The second kappa shape index (κ2) is 9.56. The topological polar surface area (TPSA) is 98.5 Å². The van der Waals surface area contributed by atoms with Crippen LogP contribution in [0.1, 0.15) is 62.2 Å². The molecule has 3 N–H and O–H groups in total. The molecule has 2 amide bonds. The Morgan fingerprint density at radius 1 is 1.28 bits per heavy atom. The molecule has 0 spiro atoms. The van der Waals surface area contributed by atoms with Crippen LogP contribution in [0.15, 0.2) is 11.4 Å². The highest BCUT2D eigenvalue weighted by atomic mass is 32.1. The van der Waals surface area contributed by atoms with E-state index in [1.54, 1.807) is 11.4 Å². The molecule has 0 saturated heterocycles. The number of primary amides is 1. The van der Waals surface area contributed by atoms with E-state index in [1.807, 2.05) is 0 Å².